The average Bonchev–Trinajstić information content (AvgIpc) is 2.98. The maximum atomic E-state index is 13.5. The molecule has 4 rings (SSSR count). The first-order valence-corrected chi connectivity index (χ1v) is 15.4. The van der Waals surface area contributed by atoms with E-state index in [9.17, 15) is 24.2 Å². The van der Waals surface area contributed by atoms with E-state index in [1.807, 2.05) is 115 Å². The Morgan fingerprint density at radius 3 is 1.68 bits per heavy atom. The molecular weight excluding hydrogens is 535 g/mol. The summed E-state index contributed by atoms with van der Waals surface area (Å²) in [7, 11) is -3.99. The first-order valence-electron chi connectivity index (χ1n) is 13.5. The Morgan fingerprint density at radius 2 is 1.15 bits per heavy atom. The van der Waals surface area contributed by atoms with Gasteiger partial charge in [0, 0.05) is 12.6 Å². The predicted octanol–water partition coefficient (Wildman–Crippen LogP) is 5.12. The van der Waals surface area contributed by atoms with E-state index in [4.69, 9.17) is 5.73 Å². The van der Waals surface area contributed by atoms with Gasteiger partial charge < -0.3 is 21.1 Å². The molecule has 0 saturated carbocycles. The number of carboxylic acids is 1. The maximum absolute atomic E-state index is 13.5. The third-order valence-corrected chi connectivity index (χ3v) is 9.28. The van der Waals surface area contributed by atoms with Crippen LogP contribution in [0.25, 0.3) is 11.1 Å². The predicted molar refractivity (Wildman–Crippen MR) is 162 cm³/mol. The molecule has 0 radical (unpaired) electrons. The monoisotopic (exact) mass is 570 g/mol. The fraction of sp³-hybridized carbons (Fsp3) is 0.212. The van der Waals surface area contributed by atoms with Gasteiger partial charge in [0.25, 0.3) is 0 Å². The van der Waals surface area contributed by atoms with E-state index < -0.39 is 37.0 Å². The van der Waals surface area contributed by atoms with Crippen molar-refractivity contribution >= 4 is 19.2 Å². The fourth-order valence-corrected chi connectivity index (χ4v) is 6.47. The molecule has 2 unspecified atom stereocenters. The first-order chi connectivity index (χ1) is 19.7. The van der Waals surface area contributed by atoms with E-state index >= 15 is 0 Å². The molecule has 0 fully saturated rings. The lowest BCUT2D eigenvalue weighted by Gasteiger charge is -2.25. The SMILES string of the molecule is NC(Cc1ccccc1)P(=O)(O)C[C@@H](Cc1ccccc1)C(=O)N[C@@H](Cc1ccc(-c2ccccc2)cc1)C(=O)O. The van der Waals surface area contributed by atoms with Gasteiger partial charge >= 0.3 is 5.97 Å². The van der Waals surface area contributed by atoms with Crippen molar-refractivity contribution < 1.29 is 24.2 Å². The zero-order chi connectivity index (χ0) is 29.2. The van der Waals surface area contributed by atoms with Crippen LogP contribution in [-0.4, -0.2) is 39.9 Å². The number of nitrogens with two attached hydrogens (primary N) is 1. The van der Waals surface area contributed by atoms with Crippen molar-refractivity contribution in [3.63, 3.8) is 0 Å². The molecule has 212 valence electrons. The van der Waals surface area contributed by atoms with E-state index in [0.29, 0.717) is 0 Å². The average molecular weight is 571 g/mol. The van der Waals surface area contributed by atoms with Gasteiger partial charge in [0.2, 0.25) is 13.3 Å². The lowest BCUT2D eigenvalue weighted by atomic mass is 9.98. The van der Waals surface area contributed by atoms with Crippen LogP contribution in [0, 0.1) is 5.92 Å². The Hall–Kier alpha value is -4.03. The zero-order valence-electron chi connectivity index (χ0n) is 22.7. The van der Waals surface area contributed by atoms with Crippen LogP contribution in [0.4, 0.5) is 0 Å². The van der Waals surface area contributed by atoms with Crippen molar-refractivity contribution in [2.24, 2.45) is 11.7 Å². The van der Waals surface area contributed by atoms with Crippen LogP contribution < -0.4 is 11.1 Å². The second kappa shape index (κ2) is 14.0. The minimum absolute atomic E-state index is 0.0680. The van der Waals surface area contributed by atoms with Crippen LogP contribution in [0.5, 0.6) is 0 Å². The van der Waals surface area contributed by atoms with Crippen molar-refractivity contribution in [2.75, 3.05) is 6.16 Å². The highest BCUT2D eigenvalue weighted by molar-refractivity contribution is 7.58. The normalized spacial score (nSPS) is 14.8. The van der Waals surface area contributed by atoms with E-state index in [0.717, 1.165) is 27.8 Å². The van der Waals surface area contributed by atoms with Gasteiger partial charge in [-0.1, -0.05) is 115 Å². The number of hydrogen-bond donors (Lipinski definition) is 4. The number of carbonyl (C=O) groups is 2. The topological polar surface area (TPSA) is 130 Å². The third kappa shape index (κ3) is 8.73. The number of benzene rings is 4. The van der Waals surface area contributed by atoms with Crippen molar-refractivity contribution in [1.29, 1.82) is 0 Å². The summed E-state index contributed by atoms with van der Waals surface area (Å²) in [5.41, 5.74) is 10.6. The highest BCUT2D eigenvalue weighted by atomic mass is 31.2. The van der Waals surface area contributed by atoms with Gasteiger partial charge in [-0.15, -0.1) is 0 Å². The largest absolute Gasteiger partial charge is 0.480 e. The Labute approximate surface area is 240 Å². The fourth-order valence-electron chi connectivity index (χ4n) is 4.78. The van der Waals surface area contributed by atoms with E-state index in [-0.39, 0.29) is 25.4 Å². The van der Waals surface area contributed by atoms with Gasteiger partial charge in [0.15, 0.2) is 0 Å². The van der Waals surface area contributed by atoms with Gasteiger partial charge in [-0.2, -0.15) is 0 Å². The summed E-state index contributed by atoms with van der Waals surface area (Å²) >= 11 is 0. The van der Waals surface area contributed by atoms with Gasteiger partial charge in [0.05, 0.1) is 11.7 Å². The summed E-state index contributed by atoms with van der Waals surface area (Å²) in [6, 6.07) is 34.5. The molecule has 7 nitrogen and oxygen atoms in total. The number of amides is 1. The number of rotatable bonds is 13. The summed E-state index contributed by atoms with van der Waals surface area (Å²) in [6.45, 7) is 0. The van der Waals surface area contributed by atoms with Crippen molar-refractivity contribution in [1.82, 2.24) is 5.32 Å². The number of carbonyl (C=O) groups excluding carboxylic acids is 1. The molecule has 4 aromatic carbocycles. The smallest absolute Gasteiger partial charge is 0.326 e. The number of carboxylic acid groups (broad SMARTS) is 1. The maximum Gasteiger partial charge on any atom is 0.326 e. The van der Waals surface area contributed by atoms with E-state index in [2.05, 4.69) is 5.32 Å². The summed E-state index contributed by atoms with van der Waals surface area (Å²) in [6.07, 6.45) is 0.0662. The molecule has 0 aliphatic rings. The van der Waals surface area contributed by atoms with E-state index in [1.54, 1.807) is 0 Å². The second-order valence-corrected chi connectivity index (χ2v) is 12.8. The van der Waals surface area contributed by atoms with Crippen LogP contribution in [0.2, 0.25) is 0 Å². The van der Waals surface area contributed by atoms with Crippen LogP contribution >= 0.6 is 7.37 Å². The van der Waals surface area contributed by atoms with Crippen LogP contribution in [0.3, 0.4) is 0 Å². The standard InChI is InChI=1S/C33H35N2O5P/c34-31(22-25-12-6-2-7-13-25)41(39,40)23-29(20-24-10-4-1-5-11-24)32(36)35-30(33(37)38)21-26-16-18-28(19-17-26)27-14-8-3-9-15-27/h1-19,29-31H,20-23,34H2,(H,35,36)(H,37,38)(H,39,40)/t29-,30+,31?/m1/s1. The molecule has 0 bridgehead atoms. The van der Waals surface area contributed by atoms with Crippen molar-refractivity contribution in [2.45, 2.75) is 31.1 Å². The lowest BCUT2D eigenvalue weighted by Crippen LogP contribution is -2.46. The summed E-state index contributed by atoms with van der Waals surface area (Å²) in [5, 5.41) is 12.6. The highest BCUT2D eigenvalue weighted by Crippen LogP contribution is 2.47. The lowest BCUT2D eigenvalue weighted by molar-refractivity contribution is -0.142. The van der Waals surface area contributed by atoms with Gasteiger partial charge in [0.1, 0.15) is 6.04 Å². The Bertz CT molecular complexity index is 1460. The molecule has 0 spiro atoms. The minimum atomic E-state index is -3.99. The molecule has 41 heavy (non-hydrogen) atoms. The molecule has 0 aliphatic heterocycles. The molecule has 4 aromatic rings. The Balaban J connectivity index is 1.49. The number of aliphatic carboxylic acids is 1. The van der Waals surface area contributed by atoms with Crippen LogP contribution in [-0.2, 0) is 33.4 Å². The highest BCUT2D eigenvalue weighted by Gasteiger charge is 2.35. The van der Waals surface area contributed by atoms with Crippen molar-refractivity contribution in [3.8, 4) is 11.1 Å². The molecule has 0 saturated heterocycles. The quantitative estimate of drug-likeness (QED) is 0.165. The molecule has 0 aromatic heterocycles. The van der Waals surface area contributed by atoms with Gasteiger partial charge in [-0.05, 0) is 40.7 Å². The summed E-state index contributed by atoms with van der Waals surface area (Å²) < 4.78 is 13.4. The van der Waals surface area contributed by atoms with Gasteiger partial charge in [-0.3, -0.25) is 9.36 Å². The molecule has 5 N–H and O–H groups in total. The third-order valence-electron chi connectivity index (χ3n) is 7.10. The molecule has 8 heteroatoms. The second-order valence-electron chi connectivity index (χ2n) is 10.2. The Kier molecular flexibility index (Phi) is 10.3. The summed E-state index contributed by atoms with van der Waals surface area (Å²) in [5.74, 6) is -3.79. The molecule has 0 aliphatic carbocycles. The van der Waals surface area contributed by atoms with Gasteiger partial charge in [-0.25, -0.2) is 4.79 Å². The van der Waals surface area contributed by atoms with Crippen molar-refractivity contribution in [3.05, 3.63) is 132 Å². The molecular formula is C33H35N2O5P. The first kappa shape index (κ1) is 29.9. The molecule has 1 amide bonds. The number of hydrogen-bond acceptors (Lipinski definition) is 4. The van der Waals surface area contributed by atoms with Crippen LogP contribution in [0.15, 0.2) is 115 Å². The Morgan fingerprint density at radius 1 is 0.683 bits per heavy atom. The van der Waals surface area contributed by atoms with E-state index in [1.165, 1.54) is 0 Å². The van der Waals surface area contributed by atoms with Crippen LogP contribution in [0.1, 0.15) is 16.7 Å². The number of nitrogens with one attached hydrogen (secondary N) is 1. The minimum Gasteiger partial charge on any atom is -0.480 e. The molecule has 4 atom stereocenters. The zero-order valence-corrected chi connectivity index (χ0v) is 23.6. The summed E-state index contributed by atoms with van der Waals surface area (Å²) in [4.78, 5) is 36.6. The molecule has 0 heterocycles.